The molecule has 0 bridgehead atoms. The largest absolute Gasteiger partial charge is 0.484 e. The van der Waals surface area contributed by atoms with Crippen molar-refractivity contribution in [1.29, 1.82) is 0 Å². The van der Waals surface area contributed by atoms with Gasteiger partial charge in [-0.15, -0.1) is 0 Å². The van der Waals surface area contributed by atoms with E-state index in [1.165, 1.54) is 0 Å². The maximum absolute atomic E-state index is 13.6. The van der Waals surface area contributed by atoms with Gasteiger partial charge >= 0.3 is 0 Å². The second-order valence-corrected chi connectivity index (χ2v) is 8.84. The highest BCUT2D eigenvalue weighted by Crippen LogP contribution is 2.16. The summed E-state index contributed by atoms with van der Waals surface area (Å²) in [6.07, 6.45) is 1.12. The van der Waals surface area contributed by atoms with Gasteiger partial charge in [0.1, 0.15) is 11.8 Å². The van der Waals surface area contributed by atoms with Crippen LogP contribution in [0.3, 0.4) is 0 Å². The summed E-state index contributed by atoms with van der Waals surface area (Å²) in [5, 5.41) is 3.07. The number of carbonyl (C=O) groups excluding carboxylic acids is 2. The maximum Gasteiger partial charge on any atom is 0.261 e. The lowest BCUT2D eigenvalue weighted by Gasteiger charge is -2.31. The predicted octanol–water partition coefficient (Wildman–Crippen LogP) is 5.06. The highest BCUT2D eigenvalue weighted by molar-refractivity contribution is 5.88. The third-order valence-corrected chi connectivity index (χ3v) is 6.13. The summed E-state index contributed by atoms with van der Waals surface area (Å²) >= 11 is 0. The summed E-state index contributed by atoms with van der Waals surface area (Å²) in [5.74, 6) is 0.193. The summed E-state index contributed by atoms with van der Waals surface area (Å²) in [4.78, 5) is 28.8. The molecule has 5 nitrogen and oxygen atoms in total. The van der Waals surface area contributed by atoms with Crippen molar-refractivity contribution in [2.75, 3.05) is 13.2 Å². The topological polar surface area (TPSA) is 58.6 Å². The number of hydrogen-bond donors (Lipinski definition) is 1. The van der Waals surface area contributed by atoms with Gasteiger partial charge in [0.05, 0.1) is 0 Å². The van der Waals surface area contributed by atoms with Crippen LogP contribution in [0.4, 0.5) is 0 Å². The molecule has 5 heteroatoms. The van der Waals surface area contributed by atoms with E-state index < -0.39 is 6.04 Å². The Morgan fingerprint density at radius 1 is 0.676 bits per heavy atom. The minimum absolute atomic E-state index is 0.153. The van der Waals surface area contributed by atoms with Crippen molar-refractivity contribution in [3.8, 4) is 5.75 Å². The van der Waals surface area contributed by atoms with Crippen LogP contribution < -0.4 is 10.1 Å². The number of hydrogen-bond acceptors (Lipinski definition) is 3. The zero-order chi connectivity index (χ0) is 25.7. The van der Waals surface area contributed by atoms with E-state index in [9.17, 15) is 9.59 Å². The molecule has 37 heavy (non-hydrogen) atoms. The van der Waals surface area contributed by atoms with Gasteiger partial charge in [-0.2, -0.15) is 0 Å². The van der Waals surface area contributed by atoms with Gasteiger partial charge in [-0.25, -0.2) is 0 Å². The number of benzene rings is 4. The molecule has 0 aliphatic rings. The van der Waals surface area contributed by atoms with Crippen molar-refractivity contribution in [3.05, 3.63) is 138 Å². The molecule has 0 radical (unpaired) electrons. The number of amides is 2. The predicted molar refractivity (Wildman–Crippen MR) is 146 cm³/mol. The van der Waals surface area contributed by atoms with Gasteiger partial charge in [0.15, 0.2) is 6.61 Å². The summed E-state index contributed by atoms with van der Waals surface area (Å²) in [5.41, 5.74) is 3.09. The Hall–Kier alpha value is -4.38. The van der Waals surface area contributed by atoms with Gasteiger partial charge < -0.3 is 15.0 Å². The number of para-hydroxylation sites is 1. The normalized spacial score (nSPS) is 11.4. The fraction of sp³-hybridized carbons (Fsp3) is 0.188. The van der Waals surface area contributed by atoms with Crippen LogP contribution in [-0.4, -0.2) is 35.9 Å². The van der Waals surface area contributed by atoms with Crippen molar-refractivity contribution in [1.82, 2.24) is 10.2 Å². The number of ether oxygens (including phenoxy) is 1. The molecule has 0 aromatic heterocycles. The van der Waals surface area contributed by atoms with E-state index in [1.54, 1.807) is 4.90 Å². The van der Waals surface area contributed by atoms with Gasteiger partial charge in [0.2, 0.25) is 5.91 Å². The first-order chi connectivity index (χ1) is 18.2. The van der Waals surface area contributed by atoms with Gasteiger partial charge in [-0.05, 0) is 35.2 Å². The Morgan fingerprint density at radius 2 is 1.19 bits per heavy atom. The lowest BCUT2D eigenvalue weighted by Crippen LogP contribution is -2.52. The first-order valence-electron chi connectivity index (χ1n) is 12.6. The second-order valence-electron chi connectivity index (χ2n) is 8.84. The van der Waals surface area contributed by atoms with E-state index in [0.717, 1.165) is 16.7 Å². The highest BCUT2D eigenvalue weighted by atomic mass is 16.5. The fourth-order valence-electron chi connectivity index (χ4n) is 4.17. The molecule has 0 spiro atoms. The number of nitrogens with zero attached hydrogens (tertiary/aromatic N) is 1. The smallest absolute Gasteiger partial charge is 0.261 e. The van der Waals surface area contributed by atoms with Gasteiger partial charge in [-0.1, -0.05) is 109 Å². The zero-order valence-corrected chi connectivity index (χ0v) is 20.8. The Morgan fingerprint density at radius 3 is 1.78 bits per heavy atom. The molecule has 2 amide bonds. The van der Waals surface area contributed by atoms with Crippen LogP contribution in [0.15, 0.2) is 121 Å². The molecule has 1 atom stereocenters. The minimum Gasteiger partial charge on any atom is -0.484 e. The van der Waals surface area contributed by atoms with E-state index in [-0.39, 0.29) is 18.4 Å². The average Bonchev–Trinajstić information content (AvgIpc) is 2.96. The Kier molecular flexibility index (Phi) is 9.48. The highest BCUT2D eigenvalue weighted by Gasteiger charge is 2.30. The summed E-state index contributed by atoms with van der Waals surface area (Å²) < 4.78 is 5.78. The van der Waals surface area contributed by atoms with Crippen molar-refractivity contribution in [2.24, 2.45) is 0 Å². The number of rotatable bonds is 12. The summed E-state index contributed by atoms with van der Waals surface area (Å²) in [7, 11) is 0. The van der Waals surface area contributed by atoms with E-state index in [0.29, 0.717) is 31.7 Å². The lowest BCUT2D eigenvalue weighted by atomic mass is 10.0. The molecule has 188 valence electrons. The molecule has 4 aromatic rings. The molecule has 0 aliphatic heterocycles. The summed E-state index contributed by atoms with van der Waals surface area (Å²) in [6, 6.07) is 38.1. The van der Waals surface area contributed by atoms with Gasteiger partial charge in [0, 0.05) is 19.5 Å². The molecule has 0 saturated carbocycles. The molecule has 0 fully saturated rings. The lowest BCUT2D eigenvalue weighted by molar-refractivity contribution is -0.142. The molecule has 0 saturated heterocycles. The molecular weight excluding hydrogens is 460 g/mol. The molecule has 4 rings (SSSR count). The quantitative estimate of drug-likeness (QED) is 0.301. The fourth-order valence-corrected chi connectivity index (χ4v) is 4.17. The molecule has 0 aliphatic carbocycles. The minimum atomic E-state index is -0.690. The van der Waals surface area contributed by atoms with Crippen molar-refractivity contribution in [3.63, 3.8) is 0 Å². The van der Waals surface area contributed by atoms with Crippen LogP contribution >= 0.6 is 0 Å². The van der Waals surface area contributed by atoms with Crippen molar-refractivity contribution in [2.45, 2.75) is 25.4 Å². The van der Waals surface area contributed by atoms with E-state index >= 15 is 0 Å². The monoisotopic (exact) mass is 492 g/mol. The first-order valence-corrected chi connectivity index (χ1v) is 12.6. The average molecular weight is 493 g/mol. The first kappa shape index (κ1) is 25.7. The third kappa shape index (κ3) is 8.07. The van der Waals surface area contributed by atoms with Crippen LogP contribution in [0, 0.1) is 0 Å². The van der Waals surface area contributed by atoms with Gasteiger partial charge in [-0.3, -0.25) is 9.59 Å². The Balaban J connectivity index is 1.55. The van der Waals surface area contributed by atoms with Crippen LogP contribution in [0.5, 0.6) is 5.75 Å². The van der Waals surface area contributed by atoms with Crippen LogP contribution in [0.2, 0.25) is 0 Å². The Bertz CT molecular complexity index is 1230. The zero-order valence-electron chi connectivity index (χ0n) is 20.8. The molecule has 1 N–H and O–H groups in total. The Labute approximate surface area is 218 Å². The molecular formula is C32H32N2O3. The molecule has 0 heterocycles. The SMILES string of the molecule is O=C(NCCc1ccccc1)[C@@H](Cc1ccccc1)N(Cc1ccccc1)C(=O)COc1ccccc1. The van der Waals surface area contributed by atoms with Crippen LogP contribution in [0.25, 0.3) is 0 Å². The van der Waals surface area contributed by atoms with Crippen molar-refractivity contribution < 1.29 is 14.3 Å². The molecule has 0 unspecified atom stereocenters. The van der Waals surface area contributed by atoms with Crippen LogP contribution in [0.1, 0.15) is 16.7 Å². The van der Waals surface area contributed by atoms with Crippen LogP contribution in [-0.2, 0) is 29.0 Å². The van der Waals surface area contributed by atoms with Gasteiger partial charge in [0.25, 0.3) is 5.91 Å². The number of nitrogens with one attached hydrogen (secondary N) is 1. The van der Waals surface area contributed by atoms with E-state index in [1.807, 2.05) is 121 Å². The van der Waals surface area contributed by atoms with E-state index in [2.05, 4.69) is 5.32 Å². The van der Waals surface area contributed by atoms with E-state index in [4.69, 9.17) is 4.74 Å². The second kappa shape index (κ2) is 13.6. The molecule has 4 aromatic carbocycles. The van der Waals surface area contributed by atoms with Crippen molar-refractivity contribution >= 4 is 11.8 Å². The maximum atomic E-state index is 13.6. The third-order valence-electron chi connectivity index (χ3n) is 6.13. The summed E-state index contributed by atoms with van der Waals surface area (Å²) in [6.45, 7) is 0.642. The number of carbonyl (C=O) groups is 2. The standard InChI is InChI=1S/C32H32N2O3/c35-31(25-37-29-19-11-4-12-20-29)34(24-28-17-9-3-10-18-28)30(23-27-15-7-2-8-16-27)32(36)33-22-21-26-13-5-1-6-14-26/h1-20,30H,21-25H2,(H,33,36)/t30-/m1/s1.